The van der Waals surface area contributed by atoms with Gasteiger partial charge in [-0.05, 0) is 26.2 Å². The van der Waals surface area contributed by atoms with E-state index in [2.05, 4.69) is 25.5 Å². The Morgan fingerprint density at radius 2 is 2.19 bits per heavy atom. The number of nitrogens with one attached hydrogen (secondary N) is 1. The lowest BCUT2D eigenvalue weighted by atomic mass is 9.95. The molecule has 0 saturated carbocycles. The summed E-state index contributed by atoms with van der Waals surface area (Å²) >= 11 is 0. The molecule has 3 aromatic rings. The number of hydrogen-bond acceptors (Lipinski definition) is 8. The van der Waals surface area contributed by atoms with E-state index in [1.165, 1.54) is 10.6 Å². The van der Waals surface area contributed by atoms with Crippen molar-refractivity contribution in [2.45, 2.75) is 39.5 Å². The number of nitrogens with zero attached hydrogens (tertiary/aromatic N) is 7. The van der Waals surface area contributed by atoms with Crippen molar-refractivity contribution in [3.8, 4) is 11.3 Å². The van der Waals surface area contributed by atoms with E-state index >= 15 is 0 Å². The number of hydrogen-bond donors (Lipinski definition) is 1. The Morgan fingerprint density at radius 3 is 2.90 bits per heavy atom. The summed E-state index contributed by atoms with van der Waals surface area (Å²) in [6.07, 6.45) is 7.07. The minimum absolute atomic E-state index is 0.0983. The average molecular weight is 449 g/mol. The summed E-state index contributed by atoms with van der Waals surface area (Å²) < 4.78 is 34.0. The van der Waals surface area contributed by atoms with Crippen LogP contribution in [0.25, 0.3) is 16.9 Å². The van der Waals surface area contributed by atoms with Crippen molar-refractivity contribution >= 4 is 21.6 Å². The van der Waals surface area contributed by atoms with Gasteiger partial charge in [0.05, 0.1) is 18.1 Å². The summed E-state index contributed by atoms with van der Waals surface area (Å²) in [4.78, 5) is 9.06. The first-order chi connectivity index (χ1) is 14.7. The van der Waals surface area contributed by atoms with Crippen LogP contribution in [-0.2, 0) is 14.8 Å². The molecule has 3 aromatic heterocycles. The molecule has 1 saturated heterocycles. The third-order valence-corrected chi connectivity index (χ3v) is 6.83. The zero-order valence-electron chi connectivity index (χ0n) is 18.1. The van der Waals surface area contributed by atoms with E-state index in [0.29, 0.717) is 37.7 Å². The van der Waals surface area contributed by atoms with Crippen molar-refractivity contribution in [2.24, 2.45) is 5.92 Å². The Hall–Kier alpha value is -2.57. The lowest BCUT2D eigenvalue weighted by molar-refractivity contribution is 0.0160. The average Bonchev–Trinajstić information content (AvgIpc) is 3.35. The van der Waals surface area contributed by atoms with Crippen LogP contribution in [0.3, 0.4) is 0 Å². The number of piperidine rings is 1. The van der Waals surface area contributed by atoms with E-state index in [9.17, 15) is 8.42 Å². The van der Waals surface area contributed by atoms with E-state index in [1.807, 2.05) is 33.0 Å². The molecule has 1 N–H and O–H groups in total. The van der Waals surface area contributed by atoms with Crippen LogP contribution >= 0.6 is 0 Å². The van der Waals surface area contributed by atoms with Gasteiger partial charge >= 0.3 is 0 Å². The van der Waals surface area contributed by atoms with Crippen molar-refractivity contribution in [1.29, 1.82) is 0 Å². The lowest BCUT2D eigenvalue weighted by Crippen LogP contribution is -2.47. The third-order valence-electron chi connectivity index (χ3n) is 5.56. The molecule has 31 heavy (non-hydrogen) atoms. The first kappa shape index (κ1) is 21.7. The van der Waals surface area contributed by atoms with Gasteiger partial charge in [0.25, 0.3) is 0 Å². The molecular weight excluding hydrogens is 420 g/mol. The van der Waals surface area contributed by atoms with E-state index < -0.39 is 10.0 Å². The fourth-order valence-corrected chi connectivity index (χ4v) is 4.73. The molecule has 4 rings (SSSR count). The number of sulfonamides is 1. The predicted octanol–water partition coefficient (Wildman–Crippen LogP) is 1.62. The van der Waals surface area contributed by atoms with Crippen LogP contribution in [0.2, 0.25) is 0 Å². The van der Waals surface area contributed by atoms with Gasteiger partial charge in [0.1, 0.15) is 12.6 Å². The van der Waals surface area contributed by atoms with E-state index in [1.54, 1.807) is 21.7 Å². The Morgan fingerprint density at radius 1 is 1.39 bits per heavy atom. The summed E-state index contributed by atoms with van der Waals surface area (Å²) in [5, 5.41) is 12.2. The number of rotatable bonds is 7. The Labute approximate surface area is 181 Å². The van der Waals surface area contributed by atoms with Gasteiger partial charge in [0.15, 0.2) is 5.65 Å². The number of anilines is 1. The quantitative estimate of drug-likeness (QED) is 0.579. The molecule has 0 aromatic carbocycles. The molecule has 1 fully saturated rings. The second kappa shape index (κ2) is 8.52. The molecule has 3 atom stereocenters. The summed E-state index contributed by atoms with van der Waals surface area (Å²) in [5.41, 5.74) is 2.28. The summed E-state index contributed by atoms with van der Waals surface area (Å²) in [6.45, 7) is 7.51. The second-order valence-electron chi connectivity index (χ2n) is 7.91. The predicted molar refractivity (Wildman–Crippen MR) is 116 cm³/mol. The molecule has 1 aliphatic rings. The molecule has 0 amide bonds. The standard InChI is InChI=1S/C19H28N8O3S/c1-5-30-14(3)26-11-15(9-21-26)17-8-18-23-19(24-27(18)12-20-17)22-16-6-7-25(10-13(16)2)31(4,28)29/h8-9,11-14,16H,5-7,10H2,1-4H3,(H,22,24)/t13-,14?,16+/m1/s1. The van der Waals surface area contributed by atoms with Crippen molar-refractivity contribution in [3.05, 3.63) is 24.8 Å². The SMILES string of the molecule is CCOC(C)n1cc(-c2cc3nc(N[C@H]4CCN(S(C)(=O)=O)C[C@H]4C)nn3cn2)cn1. The molecule has 11 nitrogen and oxygen atoms in total. The van der Waals surface area contributed by atoms with Gasteiger partial charge < -0.3 is 10.1 Å². The van der Waals surface area contributed by atoms with E-state index in [-0.39, 0.29) is 18.2 Å². The first-order valence-electron chi connectivity index (χ1n) is 10.3. The zero-order valence-corrected chi connectivity index (χ0v) is 18.9. The summed E-state index contributed by atoms with van der Waals surface area (Å²) in [6, 6.07) is 1.96. The Balaban J connectivity index is 1.48. The second-order valence-corrected chi connectivity index (χ2v) is 9.90. The van der Waals surface area contributed by atoms with Gasteiger partial charge in [-0.1, -0.05) is 6.92 Å². The van der Waals surface area contributed by atoms with Gasteiger partial charge in [-0.3, -0.25) is 0 Å². The maximum atomic E-state index is 11.8. The van der Waals surface area contributed by atoms with Crippen molar-refractivity contribution < 1.29 is 13.2 Å². The highest BCUT2D eigenvalue weighted by Crippen LogP contribution is 2.23. The normalized spacial score (nSPS) is 21.4. The number of fused-ring (bicyclic) bond motifs is 1. The van der Waals surface area contributed by atoms with Gasteiger partial charge in [-0.25, -0.2) is 26.9 Å². The van der Waals surface area contributed by atoms with Crippen LogP contribution < -0.4 is 5.32 Å². The molecule has 4 heterocycles. The van der Waals surface area contributed by atoms with Crippen molar-refractivity contribution in [3.63, 3.8) is 0 Å². The molecule has 0 spiro atoms. The molecule has 12 heteroatoms. The van der Waals surface area contributed by atoms with Gasteiger partial charge in [-0.15, -0.1) is 5.10 Å². The fraction of sp³-hybridized carbons (Fsp3) is 0.579. The summed E-state index contributed by atoms with van der Waals surface area (Å²) in [5.74, 6) is 0.645. The summed E-state index contributed by atoms with van der Waals surface area (Å²) in [7, 11) is -3.17. The Bertz CT molecular complexity index is 1160. The molecular formula is C19H28N8O3S. The minimum Gasteiger partial charge on any atom is -0.357 e. The zero-order chi connectivity index (χ0) is 22.2. The van der Waals surface area contributed by atoms with Gasteiger partial charge in [-0.2, -0.15) is 10.1 Å². The molecule has 0 radical (unpaired) electrons. The lowest BCUT2D eigenvalue weighted by Gasteiger charge is -2.35. The van der Waals surface area contributed by atoms with Crippen LogP contribution in [0.15, 0.2) is 24.8 Å². The van der Waals surface area contributed by atoms with E-state index in [4.69, 9.17) is 4.74 Å². The van der Waals surface area contributed by atoms with Gasteiger partial charge in [0.2, 0.25) is 16.0 Å². The molecule has 0 bridgehead atoms. The molecule has 0 aliphatic carbocycles. The van der Waals surface area contributed by atoms with Crippen LogP contribution in [0, 0.1) is 5.92 Å². The largest absolute Gasteiger partial charge is 0.357 e. The highest BCUT2D eigenvalue weighted by Gasteiger charge is 2.31. The smallest absolute Gasteiger partial charge is 0.243 e. The topological polar surface area (TPSA) is 120 Å². The first-order valence-corrected chi connectivity index (χ1v) is 12.2. The van der Waals surface area contributed by atoms with Crippen molar-refractivity contribution in [1.82, 2.24) is 33.7 Å². The third kappa shape index (κ3) is 4.70. The highest BCUT2D eigenvalue weighted by atomic mass is 32.2. The fourth-order valence-electron chi connectivity index (χ4n) is 3.79. The number of ether oxygens (including phenoxy) is 1. The maximum absolute atomic E-state index is 11.8. The highest BCUT2D eigenvalue weighted by molar-refractivity contribution is 7.88. The van der Waals surface area contributed by atoms with E-state index in [0.717, 1.165) is 11.3 Å². The van der Waals surface area contributed by atoms with Crippen LogP contribution in [-0.4, -0.2) is 74.1 Å². The van der Waals surface area contributed by atoms with Crippen molar-refractivity contribution in [2.75, 3.05) is 31.3 Å². The van der Waals surface area contributed by atoms with Crippen LogP contribution in [0.4, 0.5) is 5.95 Å². The molecule has 1 unspecified atom stereocenters. The van der Waals surface area contributed by atoms with Crippen LogP contribution in [0.5, 0.6) is 0 Å². The van der Waals surface area contributed by atoms with Crippen LogP contribution in [0.1, 0.15) is 33.4 Å². The molecule has 168 valence electrons. The Kier molecular flexibility index (Phi) is 5.95. The maximum Gasteiger partial charge on any atom is 0.243 e. The monoisotopic (exact) mass is 448 g/mol. The number of aromatic nitrogens is 6. The minimum atomic E-state index is -3.17. The van der Waals surface area contributed by atoms with Gasteiger partial charge in [0, 0.05) is 43.6 Å². The molecule has 1 aliphatic heterocycles.